The van der Waals surface area contributed by atoms with E-state index in [1.165, 1.54) is 17.4 Å². The van der Waals surface area contributed by atoms with Crippen molar-refractivity contribution in [2.24, 2.45) is 4.40 Å². The van der Waals surface area contributed by atoms with Gasteiger partial charge in [0, 0.05) is 6.54 Å². The average molecular weight is 403 g/mol. The fourth-order valence-corrected chi connectivity index (χ4v) is 6.23. The van der Waals surface area contributed by atoms with Gasteiger partial charge in [0.05, 0.1) is 16.1 Å². The van der Waals surface area contributed by atoms with Crippen molar-refractivity contribution in [2.75, 3.05) is 7.11 Å². The van der Waals surface area contributed by atoms with Crippen LogP contribution < -0.4 is 9.54 Å². The van der Waals surface area contributed by atoms with Crippen molar-refractivity contribution >= 4 is 54.5 Å². The van der Waals surface area contributed by atoms with Gasteiger partial charge in [0.2, 0.25) is 4.80 Å². The molecular weight excluding hydrogens is 388 g/mol. The molecule has 9 heteroatoms. The standard InChI is InChI=1S/C15H15ClN2O3S3/c1-4-18-13-10(21-3)6-5-9(2)14(13)23-15(18)17-24(19,20)12-8-7-11(16)22-12/h5-8H,4H2,1-3H3. The molecule has 0 unspecified atom stereocenters. The van der Waals surface area contributed by atoms with Crippen LogP contribution in [0, 0.1) is 6.92 Å². The molecule has 24 heavy (non-hydrogen) atoms. The molecule has 3 rings (SSSR count). The zero-order valence-corrected chi connectivity index (χ0v) is 16.4. The molecule has 0 spiro atoms. The Labute approximate surface area is 152 Å². The van der Waals surface area contributed by atoms with Crippen molar-refractivity contribution in [1.29, 1.82) is 0 Å². The van der Waals surface area contributed by atoms with Crippen molar-refractivity contribution in [3.63, 3.8) is 0 Å². The molecular formula is C15H15ClN2O3S3. The highest BCUT2D eigenvalue weighted by Crippen LogP contribution is 2.31. The zero-order chi connectivity index (χ0) is 17.5. The quantitative estimate of drug-likeness (QED) is 0.661. The molecule has 0 fully saturated rings. The molecule has 3 aromatic rings. The van der Waals surface area contributed by atoms with Gasteiger partial charge in [0.1, 0.15) is 15.5 Å². The fourth-order valence-electron chi connectivity index (χ4n) is 2.39. The molecule has 0 bridgehead atoms. The summed E-state index contributed by atoms with van der Waals surface area (Å²) in [4.78, 5) is 0.421. The van der Waals surface area contributed by atoms with Crippen LogP contribution in [-0.2, 0) is 16.6 Å². The van der Waals surface area contributed by atoms with Crippen molar-refractivity contribution < 1.29 is 13.2 Å². The predicted molar refractivity (Wildman–Crippen MR) is 98.9 cm³/mol. The van der Waals surface area contributed by atoms with E-state index in [1.807, 2.05) is 30.5 Å². The molecule has 2 aromatic heterocycles. The van der Waals surface area contributed by atoms with Gasteiger partial charge in [-0.25, -0.2) is 0 Å². The van der Waals surface area contributed by atoms with E-state index in [0.717, 1.165) is 27.1 Å². The molecule has 2 heterocycles. The lowest BCUT2D eigenvalue weighted by Gasteiger charge is -2.07. The lowest BCUT2D eigenvalue weighted by Crippen LogP contribution is -2.16. The molecule has 0 amide bonds. The molecule has 5 nitrogen and oxygen atoms in total. The summed E-state index contributed by atoms with van der Waals surface area (Å²) in [5, 5.41) is 0. The topological polar surface area (TPSA) is 60.7 Å². The first-order chi connectivity index (χ1) is 11.4. The lowest BCUT2D eigenvalue weighted by atomic mass is 10.2. The number of hydrogen-bond donors (Lipinski definition) is 0. The van der Waals surface area contributed by atoms with Crippen LogP contribution in [0.2, 0.25) is 4.34 Å². The number of hydrogen-bond acceptors (Lipinski definition) is 5. The smallest absolute Gasteiger partial charge is 0.294 e. The molecule has 0 N–H and O–H groups in total. The molecule has 0 aliphatic rings. The van der Waals surface area contributed by atoms with Crippen LogP contribution in [0.3, 0.4) is 0 Å². The summed E-state index contributed by atoms with van der Waals surface area (Å²) >= 11 is 8.19. The number of thiazole rings is 1. The number of rotatable bonds is 4. The Hall–Kier alpha value is -1.35. The molecule has 0 saturated carbocycles. The van der Waals surface area contributed by atoms with Crippen LogP contribution in [0.25, 0.3) is 10.2 Å². The van der Waals surface area contributed by atoms with E-state index >= 15 is 0 Å². The maximum Gasteiger partial charge on any atom is 0.294 e. The molecule has 0 saturated heterocycles. The van der Waals surface area contributed by atoms with Gasteiger partial charge in [-0.1, -0.05) is 29.0 Å². The summed E-state index contributed by atoms with van der Waals surface area (Å²) in [7, 11) is -2.20. The fraction of sp³-hybridized carbons (Fsp3) is 0.267. The minimum atomic E-state index is -3.80. The van der Waals surface area contributed by atoms with E-state index < -0.39 is 10.0 Å². The van der Waals surface area contributed by atoms with E-state index in [2.05, 4.69) is 4.40 Å². The molecule has 1 aromatic carbocycles. The number of thiophene rings is 1. The first-order valence-corrected chi connectivity index (χ1v) is 10.6. The average Bonchev–Trinajstić information content (AvgIpc) is 3.12. The van der Waals surface area contributed by atoms with Crippen molar-refractivity contribution in [3.8, 4) is 5.75 Å². The number of aryl methyl sites for hydroxylation is 2. The van der Waals surface area contributed by atoms with Crippen molar-refractivity contribution in [3.05, 3.63) is 39.0 Å². The predicted octanol–water partition coefficient (Wildman–Crippen LogP) is 4.04. The van der Waals surface area contributed by atoms with Gasteiger partial charge >= 0.3 is 0 Å². The number of aromatic nitrogens is 1. The monoisotopic (exact) mass is 402 g/mol. The Kier molecular flexibility index (Phi) is 4.74. The van der Waals surface area contributed by atoms with Gasteiger partial charge in [-0.15, -0.1) is 15.7 Å². The van der Waals surface area contributed by atoms with E-state index in [0.29, 0.717) is 21.4 Å². The number of sulfonamides is 1. The van der Waals surface area contributed by atoms with Crippen LogP contribution in [0.5, 0.6) is 5.75 Å². The van der Waals surface area contributed by atoms with E-state index in [4.69, 9.17) is 16.3 Å². The zero-order valence-electron chi connectivity index (χ0n) is 13.2. The van der Waals surface area contributed by atoms with Gasteiger partial charge in [-0.05, 0) is 37.6 Å². The van der Waals surface area contributed by atoms with Crippen LogP contribution >= 0.6 is 34.3 Å². The minimum absolute atomic E-state index is 0.135. The number of halogens is 1. The molecule has 0 radical (unpaired) electrons. The number of ether oxygens (including phenoxy) is 1. The normalized spacial score (nSPS) is 12.9. The highest BCUT2D eigenvalue weighted by atomic mass is 35.5. The third kappa shape index (κ3) is 2.99. The Morgan fingerprint density at radius 1 is 1.25 bits per heavy atom. The Morgan fingerprint density at radius 2 is 2.00 bits per heavy atom. The number of methoxy groups -OCH3 is 1. The first-order valence-electron chi connectivity index (χ1n) is 7.10. The third-order valence-electron chi connectivity index (χ3n) is 3.52. The Bertz CT molecular complexity index is 1080. The summed E-state index contributed by atoms with van der Waals surface area (Å²) in [5.74, 6) is 0.701. The van der Waals surface area contributed by atoms with Crippen molar-refractivity contribution in [1.82, 2.24) is 4.57 Å². The summed E-state index contributed by atoms with van der Waals surface area (Å²) in [6.45, 7) is 4.51. The highest BCUT2D eigenvalue weighted by molar-refractivity contribution is 7.92. The SMILES string of the molecule is CCn1c(=NS(=O)(=O)c2ccc(Cl)s2)sc2c(C)ccc(OC)c21. The van der Waals surface area contributed by atoms with Gasteiger partial charge in [-0.3, -0.25) is 0 Å². The van der Waals surface area contributed by atoms with Crippen LogP contribution in [0.4, 0.5) is 0 Å². The van der Waals surface area contributed by atoms with Crippen LogP contribution in [0.15, 0.2) is 32.9 Å². The van der Waals surface area contributed by atoms with Gasteiger partial charge in [-0.2, -0.15) is 8.42 Å². The van der Waals surface area contributed by atoms with Crippen LogP contribution in [-0.4, -0.2) is 20.1 Å². The van der Waals surface area contributed by atoms with E-state index in [-0.39, 0.29) is 4.21 Å². The number of benzene rings is 1. The lowest BCUT2D eigenvalue weighted by molar-refractivity contribution is 0.417. The molecule has 0 atom stereocenters. The molecule has 128 valence electrons. The maximum atomic E-state index is 12.5. The van der Waals surface area contributed by atoms with Gasteiger partial charge in [0.15, 0.2) is 0 Å². The highest BCUT2D eigenvalue weighted by Gasteiger charge is 2.18. The van der Waals surface area contributed by atoms with E-state index in [9.17, 15) is 8.42 Å². The number of fused-ring (bicyclic) bond motifs is 1. The molecule has 0 aliphatic carbocycles. The van der Waals surface area contributed by atoms with Gasteiger partial charge < -0.3 is 9.30 Å². The third-order valence-corrected chi connectivity index (χ3v) is 7.82. The second-order valence-corrected chi connectivity index (χ2v) is 9.54. The summed E-state index contributed by atoms with van der Waals surface area (Å²) in [6.07, 6.45) is 0. The first kappa shape index (κ1) is 17.5. The van der Waals surface area contributed by atoms with Crippen molar-refractivity contribution in [2.45, 2.75) is 24.6 Å². The largest absolute Gasteiger partial charge is 0.495 e. The number of nitrogens with zero attached hydrogens (tertiary/aromatic N) is 2. The second-order valence-electron chi connectivity index (χ2n) is 5.02. The van der Waals surface area contributed by atoms with Gasteiger partial charge in [0.25, 0.3) is 10.0 Å². The summed E-state index contributed by atoms with van der Waals surface area (Å²) in [5.41, 5.74) is 1.92. The maximum absolute atomic E-state index is 12.5. The summed E-state index contributed by atoms with van der Waals surface area (Å²) < 4.78 is 38.0. The Balaban J connectivity index is 2.32. The second kappa shape index (κ2) is 6.51. The van der Waals surface area contributed by atoms with E-state index in [1.54, 1.807) is 13.2 Å². The molecule has 0 aliphatic heterocycles. The Morgan fingerprint density at radius 3 is 2.58 bits per heavy atom. The summed E-state index contributed by atoms with van der Waals surface area (Å²) in [6, 6.07) is 6.87. The minimum Gasteiger partial charge on any atom is -0.495 e. The van der Waals surface area contributed by atoms with Crippen LogP contribution in [0.1, 0.15) is 12.5 Å².